The summed E-state index contributed by atoms with van der Waals surface area (Å²) in [5.74, 6) is 1.40. The number of amides is 1. The highest BCUT2D eigenvalue weighted by Gasteiger charge is 2.08. The van der Waals surface area contributed by atoms with Crippen molar-refractivity contribution in [2.24, 2.45) is 0 Å². The molecule has 1 amide bonds. The van der Waals surface area contributed by atoms with Crippen LogP contribution >= 0.6 is 0 Å². The van der Waals surface area contributed by atoms with Gasteiger partial charge in [-0.3, -0.25) is 4.79 Å². The average Bonchev–Trinajstić information content (AvgIpc) is 2.51. The first-order chi connectivity index (χ1) is 10.2. The molecule has 0 fully saturated rings. The molecule has 0 heterocycles. The molecule has 0 saturated carbocycles. The second-order valence-corrected chi connectivity index (χ2v) is 4.75. The van der Waals surface area contributed by atoms with E-state index < -0.39 is 0 Å². The molecule has 2 N–H and O–H groups in total. The molecule has 0 aromatic heterocycles. The molecule has 0 bridgehead atoms. The van der Waals surface area contributed by atoms with Gasteiger partial charge in [0, 0.05) is 18.7 Å². The van der Waals surface area contributed by atoms with Crippen molar-refractivity contribution >= 4 is 5.91 Å². The van der Waals surface area contributed by atoms with E-state index in [4.69, 9.17) is 9.47 Å². The molecule has 5 heteroatoms. The largest absolute Gasteiger partial charge is 0.497 e. The number of ether oxygens (including phenoxy) is 2. The number of nitrogens with one attached hydrogen (secondary N) is 2. The SMILES string of the molecule is CCCCNC(=O)COc1ccc(OC)cc1CNCC. The van der Waals surface area contributed by atoms with Crippen LogP contribution in [0.2, 0.25) is 0 Å². The zero-order valence-electron chi connectivity index (χ0n) is 13.2. The molecule has 118 valence electrons. The highest BCUT2D eigenvalue weighted by Crippen LogP contribution is 2.24. The summed E-state index contributed by atoms with van der Waals surface area (Å²) in [7, 11) is 1.63. The zero-order chi connectivity index (χ0) is 15.5. The van der Waals surface area contributed by atoms with Gasteiger partial charge in [-0.1, -0.05) is 20.3 Å². The van der Waals surface area contributed by atoms with Crippen LogP contribution in [0, 0.1) is 0 Å². The quantitative estimate of drug-likeness (QED) is 0.649. The number of unbranched alkanes of at least 4 members (excludes halogenated alkanes) is 1. The number of carbonyl (C=O) groups is 1. The van der Waals surface area contributed by atoms with E-state index in [2.05, 4.69) is 17.6 Å². The van der Waals surface area contributed by atoms with Crippen molar-refractivity contribution in [2.75, 3.05) is 26.8 Å². The summed E-state index contributed by atoms with van der Waals surface area (Å²) in [6.45, 7) is 6.42. The van der Waals surface area contributed by atoms with Crippen LogP contribution in [0.5, 0.6) is 11.5 Å². The van der Waals surface area contributed by atoms with Crippen molar-refractivity contribution in [3.63, 3.8) is 0 Å². The van der Waals surface area contributed by atoms with Gasteiger partial charge in [0.05, 0.1) is 7.11 Å². The molecular weight excluding hydrogens is 268 g/mol. The van der Waals surface area contributed by atoms with Gasteiger partial charge >= 0.3 is 0 Å². The Morgan fingerprint density at radius 3 is 2.76 bits per heavy atom. The average molecular weight is 294 g/mol. The smallest absolute Gasteiger partial charge is 0.257 e. The second kappa shape index (κ2) is 10.0. The normalized spacial score (nSPS) is 10.2. The van der Waals surface area contributed by atoms with Crippen LogP contribution in [-0.4, -0.2) is 32.7 Å². The number of hydrogen-bond acceptors (Lipinski definition) is 4. The molecule has 1 rings (SSSR count). The first kappa shape index (κ1) is 17.3. The van der Waals surface area contributed by atoms with Crippen LogP contribution in [0.25, 0.3) is 0 Å². The van der Waals surface area contributed by atoms with Crippen molar-refractivity contribution in [3.8, 4) is 11.5 Å². The minimum atomic E-state index is -0.0892. The molecule has 0 saturated heterocycles. The van der Waals surface area contributed by atoms with E-state index in [1.165, 1.54) is 0 Å². The van der Waals surface area contributed by atoms with Gasteiger partial charge in [-0.15, -0.1) is 0 Å². The van der Waals surface area contributed by atoms with E-state index in [-0.39, 0.29) is 12.5 Å². The Morgan fingerprint density at radius 2 is 2.10 bits per heavy atom. The van der Waals surface area contributed by atoms with Crippen LogP contribution in [0.3, 0.4) is 0 Å². The van der Waals surface area contributed by atoms with Gasteiger partial charge in [0.1, 0.15) is 11.5 Å². The van der Waals surface area contributed by atoms with Crippen LogP contribution in [0.1, 0.15) is 32.3 Å². The van der Waals surface area contributed by atoms with E-state index in [1.807, 2.05) is 25.1 Å². The van der Waals surface area contributed by atoms with Gasteiger partial charge in [0.2, 0.25) is 0 Å². The molecule has 5 nitrogen and oxygen atoms in total. The third-order valence-corrected chi connectivity index (χ3v) is 3.04. The monoisotopic (exact) mass is 294 g/mol. The van der Waals surface area contributed by atoms with Crippen molar-refractivity contribution in [1.82, 2.24) is 10.6 Å². The van der Waals surface area contributed by atoms with Crippen molar-refractivity contribution < 1.29 is 14.3 Å². The first-order valence-electron chi connectivity index (χ1n) is 7.48. The molecule has 0 atom stereocenters. The van der Waals surface area contributed by atoms with Crippen LogP contribution in [-0.2, 0) is 11.3 Å². The molecule has 21 heavy (non-hydrogen) atoms. The highest BCUT2D eigenvalue weighted by atomic mass is 16.5. The van der Waals surface area contributed by atoms with Gasteiger partial charge in [-0.05, 0) is 31.2 Å². The molecule has 0 aliphatic heterocycles. The Hall–Kier alpha value is -1.75. The Balaban J connectivity index is 2.57. The fourth-order valence-electron chi connectivity index (χ4n) is 1.82. The maximum atomic E-state index is 11.7. The lowest BCUT2D eigenvalue weighted by Crippen LogP contribution is -2.29. The lowest BCUT2D eigenvalue weighted by Gasteiger charge is -2.13. The standard InChI is InChI=1S/C16H26N2O3/c1-4-6-9-18-16(19)12-21-15-8-7-14(20-3)10-13(15)11-17-5-2/h7-8,10,17H,4-6,9,11-12H2,1-3H3,(H,18,19). The molecule has 0 aliphatic rings. The van der Waals surface area contributed by atoms with Crippen LogP contribution < -0.4 is 20.1 Å². The van der Waals surface area contributed by atoms with Gasteiger partial charge in [-0.2, -0.15) is 0 Å². The van der Waals surface area contributed by atoms with E-state index >= 15 is 0 Å². The maximum absolute atomic E-state index is 11.7. The van der Waals surface area contributed by atoms with Gasteiger partial charge in [0.25, 0.3) is 5.91 Å². The van der Waals surface area contributed by atoms with E-state index in [1.54, 1.807) is 7.11 Å². The van der Waals surface area contributed by atoms with Gasteiger partial charge in [-0.25, -0.2) is 0 Å². The molecule has 0 aliphatic carbocycles. The van der Waals surface area contributed by atoms with Crippen LogP contribution in [0.15, 0.2) is 18.2 Å². The molecule has 0 spiro atoms. The topological polar surface area (TPSA) is 59.6 Å². The number of carbonyl (C=O) groups excluding carboxylic acids is 1. The number of hydrogen-bond donors (Lipinski definition) is 2. The summed E-state index contributed by atoms with van der Waals surface area (Å²) in [6.07, 6.45) is 2.05. The van der Waals surface area contributed by atoms with E-state index in [9.17, 15) is 4.79 Å². The van der Waals surface area contributed by atoms with E-state index in [0.29, 0.717) is 18.8 Å². The summed E-state index contributed by atoms with van der Waals surface area (Å²) < 4.78 is 10.8. The zero-order valence-corrected chi connectivity index (χ0v) is 13.2. The highest BCUT2D eigenvalue weighted by molar-refractivity contribution is 5.77. The molecule has 1 aromatic rings. The third-order valence-electron chi connectivity index (χ3n) is 3.04. The summed E-state index contributed by atoms with van der Waals surface area (Å²) in [4.78, 5) is 11.7. The summed E-state index contributed by atoms with van der Waals surface area (Å²) in [5, 5.41) is 6.08. The van der Waals surface area contributed by atoms with E-state index in [0.717, 1.165) is 30.7 Å². The third kappa shape index (κ3) is 6.49. The summed E-state index contributed by atoms with van der Waals surface area (Å²) in [6, 6.07) is 5.59. The Kier molecular flexibility index (Phi) is 8.28. The Morgan fingerprint density at radius 1 is 1.29 bits per heavy atom. The number of methoxy groups -OCH3 is 1. The second-order valence-electron chi connectivity index (χ2n) is 4.75. The Labute approximate surface area is 127 Å². The van der Waals surface area contributed by atoms with Crippen molar-refractivity contribution in [2.45, 2.75) is 33.2 Å². The predicted octanol–water partition coefficient (Wildman–Crippen LogP) is 2.10. The first-order valence-corrected chi connectivity index (χ1v) is 7.48. The van der Waals surface area contributed by atoms with Crippen LogP contribution in [0.4, 0.5) is 0 Å². The molecule has 0 unspecified atom stereocenters. The lowest BCUT2D eigenvalue weighted by atomic mass is 10.2. The maximum Gasteiger partial charge on any atom is 0.257 e. The minimum absolute atomic E-state index is 0.0369. The molecule has 1 aromatic carbocycles. The number of rotatable bonds is 10. The predicted molar refractivity (Wildman–Crippen MR) is 83.8 cm³/mol. The van der Waals surface area contributed by atoms with Crippen molar-refractivity contribution in [3.05, 3.63) is 23.8 Å². The van der Waals surface area contributed by atoms with Gasteiger partial charge in [0.15, 0.2) is 6.61 Å². The molecular formula is C16H26N2O3. The number of benzene rings is 1. The molecule has 0 radical (unpaired) electrons. The fraction of sp³-hybridized carbons (Fsp3) is 0.562. The van der Waals surface area contributed by atoms with Crippen molar-refractivity contribution in [1.29, 1.82) is 0 Å². The fourth-order valence-corrected chi connectivity index (χ4v) is 1.82. The Bertz CT molecular complexity index is 436. The summed E-state index contributed by atoms with van der Waals surface area (Å²) in [5.41, 5.74) is 0.984. The lowest BCUT2D eigenvalue weighted by molar-refractivity contribution is -0.123. The van der Waals surface area contributed by atoms with Gasteiger partial charge < -0.3 is 20.1 Å². The minimum Gasteiger partial charge on any atom is -0.497 e. The summed E-state index contributed by atoms with van der Waals surface area (Å²) >= 11 is 0.